The van der Waals surface area contributed by atoms with Gasteiger partial charge in [-0.2, -0.15) is 5.26 Å². The minimum absolute atomic E-state index is 0.0113. The van der Waals surface area contributed by atoms with E-state index in [-0.39, 0.29) is 18.1 Å². The van der Waals surface area contributed by atoms with Crippen LogP contribution in [0.3, 0.4) is 0 Å². The van der Waals surface area contributed by atoms with E-state index >= 15 is 0 Å². The molecule has 0 radical (unpaired) electrons. The van der Waals surface area contributed by atoms with Crippen LogP contribution in [0.1, 0.15) is 23.6 Å². The summed E-state index contributed by atoms with van der Waals surface area (Å²) in [6.45, 7) is 1.88. The van der Waals surface area contributed by atoms with Crippen LogP contribution in [0.25, 0.3) is 6.08 Å². The highest BCUT2D eigenvalue weighted by Gasteiger charge is 2.35. The summed E-state index contributed by atoms with van der Waals surface area (Å²) in [5, 5.41) is 8.85. The first kappa shape index (κ1) is 24.4. The summed E-state index contributed by atoms with van der Waals surface area (Å²) in [6.07, 6.45) is 1.58. The van der Waals surface area contributed by atoms with Crippen LogP contribution < -0.4 is 9.47 Å². The number of thioether (sulfide) groups is 1. The molecule has 1 aliphatic rings. The van der Waals surface area contributed by atoms with Gasteiger partial charge < -0.3 is 14.2 Å². The van der Waals surface area contributed by atoms with E-state index < -0.39 is 17.1 Å². The lowest BCUT2D eigenvalue weighted by atomic mass is 10.1. The van der Waals surface area contributed by atoms with Gasteiger partial charge in [-0.3, -0.25) is 14.5 Å². The Morgan fingerprint density at radius 1 is 1.21 bits per heavy atom. The zero-order chi connectivity index (χ0) is 24.0. The fourth-order valence-corrected chi connectivity index (χ4v) is 4.22. The summed E-state index contributed by atoms with van der Waals surface area (Å²) in [6, 6.07) is 12.2. The molecule has 0 atom stereocenters. The molecule has 0 spiro atoms. The number of rotatable bonds is 8. The van der Waals surface area contributed by atoms with Gasteiger partial charge in [-0.05, 0) is 54.1 Å². The molecular weight excluding hydrogens is 512 g/mol. The van der Waals surface area contributed by atoms with Gasteiger partial charge >= 0.3 is 5.97 Å². The number of nitrogens with zero attached hydrogens (tertiary/aromatic N) is 2. The molecule has 1 heterocycles. The van der Waals surface area contributed by atoms with Gasteiger partial charge in [-0.15, -0.1) is 0 Å². The van der Waals surface area contributed by atoms with Crippen molar-refractivity contribution in [3.63, 3.8) is 0 Å². The highest BCUT2D eigenvalue weighted by molar-refractivity contribution is 9.10. The molecule has 33 heavy (non-hydrogen) atoms. The molecule has 2 amide bonds. The van der Waals surface area contributed by atoms with Crippen molar-refractivity contribution in [2.24, 2.45) is 0 Å². The highest BCUT2D eigenvalue weighted by atomic mass is 79.9. The molecule has 1 aliphatic heterocycles. The van der Waals surface area contributed by atoms with E-state index in [2.05, 4.69) is 26.7 Å². The predicted molar refractivity (Wildman–Crippen MR) is 125 cm³/mol. The minimum atomic E-state index is -0.538. The third-order valence-electron chi connectivity index (χ3n) is 4.56. The Bertz CT molecular complexity index is 1170. The molecule has 10 heteroatoms. The van der Waals surface area contributed by atoms with Gasteiger partial charge in [-0.25, -0.2) is 4.79 Å². The first-order valence-corrected chi connectivity index (χ1v) is 11.4. The van der Waals surface area contributed by atoms with Crippen molar-refractivity contribution in [3.8, 4) is 17.6 Å². The third kappa shape index (κ3) is 5.74. The lowest BCUT2D eigenvalue weighted by molar-refractivity contribution is -0.143. The Kier molecular flexibility index (Phi) is 8.14. The van der Waals surface area contributed by atoms with E-state index in [1.54, 1.807) is 49.4 Å². The van der Waals surface area contributed by atoms with E-state index in [1.165, 1.54) is 7.11 Å². The fourth-order valence-electron chi connectivity index (χ4n) is 2.95. The monoisotopic (exact) mass is 530 g/mol. The number of carbonyl (C=O) groups is 3. The Morgan fingerprint density at radius 3 is 2.64 bits per heavy atom. The van der Waals surface area contributed by atoms with Gasteiger partial charge in [0.1, 0.15) is 0 Å². The van der Waals surface area contributed by atoms with Gasteiger partial charge in [0, 0.05) is 4.47 Å². The number of methoxy groups -OCH3 is 1. The number of carbonyl (C=O) groups excluding carboxylic acids is 3. The maximum atomic E-state index is 12.9. The lowest BCUT2D eigenvalue weighted by Crippen LogP contribution is -2.27. The second kappa shape index (κ2) is 11.0. The van der Waals surface area contributed by atoms with Crippen LogP contribution in [0.15, 0.2) is 45.8 Å². The first-order valence-electron chi connectivity index (χ1n) is 9.77. The van der Waals surface area contributed by atoms with Crippen molar-refractivity contribution >= 4 is 50.9 Å². The summed E-state index contributed by atoms with van der Waals surface area (Å²) >= 11 is 4.26. The van der Waals surface area contributed by atoms with Crippen molar-refractivity contribution in [2.45, 2.75) is 13.5 Å². The number of nitriles is 1. The lowest BCUT2D eigenvalue weighted by Gasteiger charge is -2.14. The van der Waals surface area contributed by atoms with Crippen LogP contribution in [0.4, 0.5) is 4.79 Å². The third-order valence-corrected chi connectivity index (χ3v) is 6.16. The molecular formula is C23H19BrN2O6S. The second-order valence-corrected chi connectivity index (χ2v) is 8.50. The van der Waals surface area contributed by atoms with Crippen LogP contribution in [0, 0.1) is 11.3 Å². The summed E-state index contributed by atoms with van der Waals surface area (Å²) in [5.74, 6) is -0.288. The topological polar surface area (TPSA) is 106 Å². The molecule has 0 aliphatic carbocycles. The number of esters is 1. The van der Waals surface area contributed by atoms with Crippen LogP contribution in [-0.4, -0.2) is 42.3 Å². The number of benzene rings is 2. The number of hydrogen-bond donors (Lipinski definition) is 0. The maximum Gasteiger partial charge on any atom is 0.343 e. The standard InChI is InChI=1S/C23H19BrN2O6S/c1-3-31-18-8-16(17(24)10-19(18)32-13-21(27)30-2)9-20-22(28)26(23(29)33-20)12-15-7-5-4-6-14(15)11-25/h4-10H,3,12-13H2,1-2H3/b20-9+. The minimum Gasteiger partial charge on any atom is -0.490 e. The van der Waals surface area contributed by atoms with Crippen molar-refractivity contribution < 1.29 is 28.6 Å². The van der Waals surface area contributed by atoms with E-state index in [1.807, 2.05) is 0 Å². The van der Waals surface area contributed by atoms with Crippen LogP contribution in [-0.2, 0) is 20.9 Å². The first-order chi connectivity index (χ1) is 15.9. The van der Waals surface area contributed by atoms with Crippen LogP contribution >= 0.6 is 27.7 Å². The Morgan fingerprint density at radius 2 is 1.94 bits per heavy atom. The van der Waals surface area contributed by atoms with Crippen molar-refractivity contribution in [2.75, 3.05) is 20.3 Å². The normalized spacial score (nSPS) is 14.4. The molecule has 0 saturated carbocycles. The fraction of sp³-hybridized carbons (Fsp3) is 0.217. The number of hydrogen-bond acceptors (Lipinski definition) is 8. The highest BCUT2D eigenvalue weighted by Crippen LogP contribution is 2.38. The van der Waals surface area contributed by atoms with Gasteiger partial charge in [0.25, 0.3) is 11.1 Å². The Labute approximate surface area is 203 Å². The molecule has 170 valence electrons. The molecule has 0 unspecified atom stereocenters. The molecule has 1 saturated heterocycles. The van der Waals surface area contributed by atoms with E-state index in [9.17, 15) is 19.6 Å². The number of ether oxygens (including phenoxy) is 3. The molecule has 1 fully saturated rings. The summed E-state index contributed by atoms with van der Waals surface area (Å²) in [7, 11) is 1.26. The zero-order valence-electron chi connectivity index (χ0n) is 17.8. The number of amides is 2. The summed E-state index contributed by atoms with van der Waals surface area (Å²) in [5.41, 5.74) is 1.59. The van der Waals surface area contributed by atoms with E-state index in [4.69, 9.17) is 9.47 Å². The molecule has 0 aromatic heterocycles. The molecule has 2 aromatic carbocycles. The average molecular weight is 531 g/mol. The largest absolute Gasteiger partial charge is 0.490 e. The summed E-state index contributed by atoms with van der Waals surface area (Å²) < 4.78 is 16.2. The zero-order valence-corrected chi connectivity index (χ0v) is 20.2. The predicted octanol–water partition coefficient (Wildman–Crippen LogP) is 4.51. The van der Waals surface area contributed by atoms with Gasteiger partial charge in [0.2, 0.25) is 0 Å². The van der Waals surface area contributed by atoms with Crippen LogP contribution in [0.5, 0.6) is 11.5 Å². The molecule has 0 bridgehead atoms. The van der Waals surface area contributed by atoms with E-state index in [0.717, 1.165) is 16.7 Å². The Balaban J connectivity index is 1.87. The Hall–Kier alpha value is -3.29. The van der Waals surface area contributed by atoms with Crippen molar-refractivity contribution in [1.82, 2.24) is 4.90 Å². The number of imide groups is 1. The molecule has 0 N–H and O–H groups in total. The van der Waals surface area contributed by atoms with Gasteiger partial charge in [0.15, 0.2) is 18.1 Å². The van der Waals surface area contributed by atoms with Gasteiger partial charge in [0.05, 0.1) is 36.8 Å². The summed E-state index contributed by atoms with van der Waals surface area (Å²) in [4.78, 5) is 38.2. The second-order valence-electron chi connectivity index (χ2n) is 6.66. The SMILES string of the molecule is CCOc1cc(/C=C2/SC(=O)N(Cc3ccccc3C#N)C2=O)c(Br)cc1OCC(=O)OC. The average Bonchev–Trinajstić information content (AvgIpc) is 3.07. The number of halogens is 1. The van der Waals surface area contributed by atoms with Crippen molar-refractivity contribution in [1.29, 1.82) is 5.26 Å². The van der Waals surface area contributed by atoms with E-state index in [0.29, 0.717) is 39.3 Å². The molecule has 8 nitrogen and oxygen atoms in total. The smallest absolute Gasteiger partial charge is 0.343 e. The molecule has 2 aromatic rings. The maximum absolute atomic E-state index is 12.9. The van der Waals surface area contributed by atoms with Crippen LogP contribution in [0.2, 0.25) is 0 Å². The van der Waals surface area contributed by atoms with Gasteiger partial charge in [-0.1, -0.05) is 34.1 Å². The van der Waals surface area contributed by atoms with Crippen molar-refractivity contribution in [3.05, 3.63) is 62.5 Å². The molecule has 3 rings (SSSR count). The quantitative estimate of drug-likeness (QED) is 0.362.